The van der Waals surface area contributed by atoms with Gasteiger partial charge in [-0.25, -0.2) is 4.98 Å². The van der Waals surface area contributed by atoms with Gasteiger partial charge in [-0.05, 0) is 43.3 Å². The van der Waals surface area contributed by atoms with E-state index in [4.69, 9.17) is 16.3 Å². The highest BCUT2D eigenvalue weighted by Crippen LogP contribution is 2.27. The van der Waals surface area contributed by atoms with Crippen molar-refractivity contribution in [3.05, 3.63) is 65.8 Å². The molecule has 0 saturated heterocycles. The molecule has 6 heteroatoms. The second-order valence-corrected chi connectivity index (χ2v) is 5.39. The van der Waals surface area contributed by atoms with Gasteiger partial charge in [0.2, 0.25) is 5.95 Å². The van der Waals surface area contributed by atoms with Gasteiger partial charge in [0.25, 0.3) is 0 Å². The van der Waals surface area contributed by atoms with E-state index in [0.29, 0.717) is 23.4 Å². The molecule has 0 unspecified atom stereocenters. The quantitative estimate of drug-likeness (QED) is 0.660. The monoisotopic (exact) mass is 340 g/mol. The van der Waals surface area contributed by atoms with Crippen molar-refractivity contribution < 1.29 is 4.74 Å². The number of anilines is 4. The van der Waals surface area contributed by atoms with Crippen LogP contribution < -0.4 is 15.4 Å². The highest BCUT2D eigenvalue weighted by Gasteiger charge is 2.05. The molecule has 2 N–H and O–H groups in total. The predicted octanol–water partition coefficient (Wildman–Crippen LogP) is 5.02. The molecule has 0 aliphatic heterocycles. The number of ether oxygens (including phenoxy) is 1. The zero-order chi connectivity index (χ0) is 16.8. The molecule has 0 amide bonds. The summed E-state index contributed by atoms with van der Waals surface area (Å²) < 4.78 is 5.61. The summed E-state index contributed by atoms with van der Waals surface area (Å²) in [7, 11) is 0. The number of aromatic nitrogens is 2. The highest BCUT2D eigenvalue weighted by atomic mass is 35.5. The molecule has 24 heavy (non-hydrogen) atoms. The molecule has 3 rings (SSSR count). The van der Waals surface area contributed by atoms with E-state index >= 15 is 0 Å². The third kappa shape index (κ3) is 4.14. The van der Waals surface area contributed by atoms with Crippen molar-refractivity contribution in [2.75, 3.05) is 17.2 Å². The maximum Gasteiger partial charge on any atom is 0.229 e. The van der Waals surface area contributed by atoms with Crippen molar-refractivity contribution in [3.63, 3.8) is 0 Å². The highest BCUT2D eigenvalue weighted by molar-refractivity contribution is 6.30. The summed E-state index contributed by atoms with van der Waals surface area (Å²) in [5.74, 6) is 1.93. The van der Waals surface area contributed by atoms with Crippen molar-refractivity contribution in [3.8, 4) is 5.75 Å². The van der Waals surface area contributed by atoms with E-state index in [-0.39, 0.29) is 0 Å². The smallest absolute Gasteiger partial charge is 0.229 e. The first kappa shape index (κ1) is 16.1. The molecule has 122 valence electrons. The minimum Gasteiger partial charge on any atom is -0.492 e. The van der Waals surface area contributed by atoms with Gasteiger partial charge in [0, 0.05) is 16.9 Å². The Morgan fingerprint density at radius 3 is 2.75 bits per heavy atom. The zero-order valence-electron chi connectivity index (χ0n) is 13.2. The number of nitrogens with zero attached hydrogens (tertiary/aromatic N) is 2. The van der Waals surface area contributed by atoms with Gasteiger partial charge in [-0.3, -0.25) is 0 Å². The molecule has 0 radical (unpaired) electrons. The van der Waals surface area contributed by atoms with Crippen LogP contribution in [-0.2, 0) is 0 Å². The number of nitrogens with one attached hydrogen (secondary N) is 2. The third-order valence-electron chi connectivity index (χ3n) is 3.19. The lowest BCUT2D eigenvalue weighted by Gasteiger charge is -2.12. The Bertz CT molecular complexity index is 825. The minimum atomic E-state index is 0.483. The molecule has 2 aromatic carbocycles. The zero-order valence-corrected chi connectivity index (χ0v) is 13.9. The first-order chi connectivity index (χ1) is 11.7. The topological polar surface area (TPSA) is 59.1 Å². The fraction of sp³-hybridized carbons (Fsp3) is 0.111. The summed E-state index contributed by atoms with van der Waals surface area (Å²) in [6, 6.07) is 16.9. The van der Waals surface area contributed by atoms with Crippen LogP contribution in [-0.4, -0.2) is 16.6 Å². The van der Waals surface area contributed by atoms with Gasteiger partial charge in [0.05, 0.1) is 12.3 Å². The van der Waals surface area contributed by atoms with Gasteiger partial charge in [0.15, 0.2) is 0 Å². The van der Waals surface area contributed by atoms with E-state index in [9.17, 15) is 0 Å². The Hall–Kier alpha value is -2.79. The van der Waals surface area contributed by atoms with Crippen LogP contribution in [0, 0.1) is 0 Å². The predicted molar refractivity (Wildman–Crippen MR) is 97.7 cm³/mol. The standard InChI is InChI=1S/C18H17ClN4O/c1-2-24-16-9-4-3-8-15(16)22-17-10-11-20-18(23-17)21-14-7-5-6-13(19)12-14/h3-12H,2H2,1H3,(H2,20,21,22,23). The fourth-order valence-electron chi connectivity index (χ4n) is 2.17. The molecule has 0 bridgehead atoms. The van der Waals surface area contributed by atoms with E-state index in [2.05, 4.69) is 20.6 Å². The van der Waals surface area contributed by atoms with Crippen LogP contribution in [0.1, 0.15) is 6.92 Å². The maximum absolute atomic E-state index is 5.99. The molecule has 1 heterocycles. The first-order valence-electron chi connectivity index (χ1n) is 7.59. The largest absolute Gasteiger partial charge is 0.492 e. The Balaban J connectivity index is 1.78. The van der Waals surface area contributed by atoms with Crippen LogP contribution in [0.25, 0.3) is 0 Å². The molecule has 0 atom stereocenters. The number of para-hydroxylation sites is 2. The number of hydrogen-bond donors (Lipinski definition) is 2. The number of halogens is 1. The van der Waals surface area contributed by atoms with Crippen molar-refractivity contribution in [1.82, 2.24) is 9.97 Å². The Kier molecular flexibility index (Phi) is 5.13. The third-order valence-corrected chi connectivity index (χ3v) is 3.42. The van der Waals surface area contributed by atoms with Crippen molar-refractivity contribution in [2.45, 2.75) is 6.92 Å². The Morgan fingerprint density at radius 2 is 1.92 bits per heavy atom. The molecule has 0 saturated carbocycles. The minimum absolute atomic E-state index is 0.483. The van der Waals surface area contributed by atoms with Gasteiger partial charge in [0.1, 0.15) is 11.6 Å². The van der Waals surface area contributed by atoms with Crippen LogP contribution in [0.4, 0.5) is 23.1 Å². The van der Waals surface area contributed by atoms with Crippen LogP contribution in [0.2, 0.25) is 5.02 Å². The second kappa shape index (κ2) is 7.66. The summed E-state index contributed by atoms with van der Waals surface area (Å²) in [5.41, 5.74) is 1.68. The average Bonchev–Trinajstić information content (AvgIpc) is 2.57. The average molecular weight is 341 g/mol. The second-order valence-electron chi connectivity index (χ2n) is 4.96. The summed E-state index contributed by atoms with van der Waals surface area (Å²) in [6.45, 7) is 2.55. The lowest BCUT2D eigenvalue weighted by molar-refractivity contribution is 0.342. The van der Waals surface area contributed by atoms with Crippen molar-refractivity contribution >= 4 is 34.7 Å². The van der Waals surface area contributed by atoms with Gasteiger partial charge in [-0.15, -0.1) is 0 Å². The molecule has 0 aliphatic carbocycles. The van der Waals surface area contributed by atoms with E-state index in [1.807, 2.05) is 55.5 Å². The molecule has 0 fully saturated rings. The summed E-state index contributed by atoms with van der Waals surface area (Å²) in [4.78, 5) is 8.69. The lowest BCUT2D eigenvalue weighted by atomic mass is 10.3. The molecule has 5 nitrogen and oxygen atoms in total. The van der Waals surface area contributed by atoms with E-state index in [1.165, 1.54) is 0 Å². The molecule has 0 spiro atoms. The molecule has 1 aromatic heterocycles. The van der Waals surface area contributed by atoms with Gasteiger partial charge < -0.3 is 15.4 Å². The van der Waals surface area contributed by atoms with Crippen LogP contribution in [0.3, 0.4) is 0 Å². The first-order valence-corrected chi connectivity index (χ1v) is 7.97. The van der Waals surface area contributed by atoms with Crippen molar-refractivity contribution in [1.29, 1.82) is 0 Å². The normalized spacial score (nSPS) is 10.2. The SMILES string of the molecule is CCOc1ccccc1Nc1ccnc(Nc2cccc(Cl)c2)n1. The lowest BCUT2D eigenvalue weighted by Crippen LogP contribution is -2.02. The van der Waals surface area contributed by atoms with E-state index < -0.39 is 0 Å². The van der Waals surface area contributed by atoms with E-state index in [1.54, 1.807) is 12.3 Å². The molecule has 0 aliphatic rings. The molecule has 3 aromatic rings. The Morgan fingerprint density at radius 1 is 1.04 bits per heavy atom. The fourth-order valence-corrected chi connectivity index (χ4v) is 2.36. The van der Waals surface area contributed by atoms with Crippen LogP contribution in [0.15, 0.2) is 60.8 Å². The summed E-state index contributed by atoms with van der Waals surface area (Å²) >= 11 is 5.99. The van der Waals surface area contributed by atoms with E-state index in [0.717, 1.165) is 17.1 Å². The number of benzene rings is 2. The van der Waals surface area contributed by atoms with Crippen molar-refractivity contribution in [2.24, 2.45) is 0 Å². The van der Waals surface area contributed by atoms with Gasteiger partial charge in [-0.2, -0.15) is 4.98 Å². The van der Waals surface area contributed by atoms with Crippen LogP contribution in [0.5, 0.6) is 5.75 Å². The molecular formula is C18H17ClN4O. The van der Waals surface area contributed by atoms with Gasteiger partial charge >= 0.3 is 0 Å². The number of hydrogen-bond acceptors (Lipinski definition) is 5. The molecular weight excluding hydrogens is 324 g/mol. The Labute approximate surface area is 145 Å². The van der Waals surface area contributed by atoms with Crippen LogP contribution >= 0.6 is 11.6 Å². The maximum atomic E-state index is 5.99. The number of rotatable bonds is 6. The summed E-state index contributed by atoms with van der Waals surface area (Å²) in [6.07, 6.45) is 1.69. The summed E-state index contributed by atoms with van der Waals surface area (Å²) in [5, 5.41) is 7.04. The van der Waals surface area contributed by atoms with Gasteiger partial charge in [-0.1, -0.05) is 29.8 Å².